The molecule has 3 heteroatoms. The minimum atomic E-state index is -0.513. The average Bonchev–Trinajstić information content (AvgIpc) is 2.15. The first kappa shape index (κ1) is 13.4. The van der Waals surface area contributed by atoms with E-state index in [1.807, 2.05) is 0 Å². The molecule has 0 heterocycles. The van der Waals surface area contributed by atoms with E-state index in [2.05, 4.69) is 13.8 Å². The topological polar surface area (TPSA) is 0 Å². The third-order valence-electron chi connectivity index (χ3n) is 2.59. The molecule has 0 spiro atoms. The molecule has 1 atom stereocenters. The first-order valence-corrected chi connectivity index (χ1v) is 6.01. The van der Waals surface area contributed by atoms with Gasteiger partial charge >= 0.3 is 0 Å². The van der Waals surface area contributed by atoms with Gasteiger partial charge in [-0.05, 0) is 42.9 Å². The highest BCUT2D eigenvalue weighted by Crippen LogP contribution is 2.18. The fourth-order valence-electron chi connectivity index (χ4n) is 1.59. The van der Waals surface area contributed by atoms with Gasteiger partial charge in [-0.2, -0.15) is 0 Å². The van der Waals surface area contributed by atoms with E-state index in [9.17, 15) is 8.78 Å². The SMILES string of the molecule is CC(C)C(Cl)CCCc1cc(F)cc(F)c1. The fraction of sp³-hybridized carbons (Fsp3) is 0.538. The van der Waals surface area contributed by atoms with Crippen LogP contribution in [-0.4, -0.2) is 5.38 Å². The highest BCUT2D eigenvalue weighted by molar-refractivity contribution is 6.20. The van der Waals surface area contributed by atoms with Gasteiger partial charge in [0, 0.05) is 11.4 Å². The van der Waals surface area contributed by atoms with Gasteiger partial charge in [0.2, 0.25) is 0 Å². The summed E-state index contributed by atoms with van der Waals surface area (Å²) in [5, 5.41) is 0.137. The molecule has 1 aromatic rings. The predicted molar refractivity (Wildman–Crippen MR) is 63.8 cm³/mol. The van der Waals surface area contributed by atoms with E-state index in [4.69, 9.17) is 11.6 Å². The van der Waals surface area contributed by atoms with Crippen molar-refractivity contribution >= 4 is 11.6 Å². The quantitative estimate of drug-likeness (QED) is 0.669. The summed E-state index contributed by atoms with van der Waals surface area (Å²) in [7, 11) is 0. The van der Waals surface area contributed by atoms with Gasteiger partial charge in [-0.3, -0.25) is 0 Å². The molecule has 0 aliphatic heterocycles. The number of alkyl halides is 1. The molecule has 0 aromatic heterocycles. The first-order valence-electron chi connectivity index (χ1n) is 5.58. The van der Waals surface area contributed by atoms with Crippen molar-refractivity contribution in [3.8, 4) is 0 Å². The lowest BCUT2D eigenvalue weighted by Crippen LogP contribution is -2.07. The van der Waals surface area contributed by atoms with Gasteiger partial charge in [-0.1, -0.05) is 13.8 Å². The summed E-state index contributed by atoms with van der Waals surface area (Å²) >= 11 is 6.10. The van der Waals surface area contributed by atoms with Crippen LogP contribution in [0.3, 0.4) is 0 Å². The lowest BCUT2D eigenvalue weighted by atomic mass is 10.0. The summed E-state index contributed by atoms with van der Waals surface area (Å²) in [6.45, 7) is 4.14. The third-order valence-corrected chi connectivity index (χ3v) is 3.31. The zero-order chi connectivity index (χ0) is 12.1. The molecular formula is C13H17ClF2. The zero-order valence-electron chi connectivity index (χ0n) is 9.64. The Morgan fingerprint density at radius 2 is 1.69 bits per heavy atom. The summed E-state index contributed by atoms with van der Waals surface area (Å²) in [5.74, 6) is -0.589. The van der Waals surface area contributed by atoms with Crippen LogP contribution >= 0.6 is 11.6 Å². The third kappa shape index (κ3) is 4.48. The molecule has 1 unspecified atom stereocenters. The molecule has 0 N–H and O–H groups in total. The molecule has 0 amide bonds. The Morgan fingerprint density at radius 1 is 1.12 bits per heavy atom. The van der Waals surface area contributed by atoms with E-state index >= 15 is 0 Å². The van der Waals surface area contributed by atoms with Gasteiger partial charge in [0.05, 0.1) is 0 Å². The average molecular weight is 247 g/mol. The molecule has 0 radical (unpaired) electrons. The summed E-state index contributed by atoms with van der Waals surface area (Å²) in [6, 6.07) is 3.64. The van der Waals surface area contributed by atoms with Crippen molar-refractivity contribution in [1.82, 2.24) is 0 Å². The smallest absolute Gasteiger partial charge is 0.126 e. The molecule has 0 aliphatic carbocycles. The molecule has 0 fully saturated rings. The van der Waals surface area contributed by atoms with E-state index < -0.39 is 11.6 Å². The molecule has 0 saturated heterocycles. The van der Waals surface area contributed by atoms with E-state index in [1.165, 1.54) is 12.1 Å². The maximum atomic E-state index is 12.9. The van der Waals surface area contributed by atoms with E-state index in [-0.39, 0.29) is 5.38 Å². The van der Waals surface area contributed by atoms with Crippen molar-refractivity contribution in [3.63, 3.8) is 0 Å². The van der Waals surface area contributed by atoms with Gasteiger partial charge in [0.15, 0.2) is 0 Å². The Hall–Kier alpha value is -0.630. The van der Waals surface area contributed by atoms with Crippen molar-refractivity contribution < 1.29 is 8.78 Å². The maximum absolute atomic E-state index is 12.9. The summed E-state index contributed by atoms with van der Waals surface area (Å²) in [6.07, 6.45) is 2.40. The number of rotatable bonds is 5. The van der Waals surface area contributed by atoms with Crippen LogP contribution in [0.2, 0.25) is 0 Å². The summed E-state index contributed by atoms with van der Waals surface area (Å²) < 4.78 is 25.8. The number of aryl methyl sites for hydroxylation is 1. The number of hydrogen-bond acceptors (Lipinski definition) is 0. The molecule has 0 bridgehead atoms. The molecule has 0 saturated carbocycles. The maximum Gasteiger partial charge on any atom is 0.126 e. The van der Waals surface area contributed by atoms with Crippen LogP contribution in [0.25, 0.3) is 0 Å². The summed E-state index contributed by atoms with van der Waals surface area (Å²) in [5.41, 5.74) is 0.699. The fourth-order valence-corrected chi connectivity index (χ4v) is 1.74. The Morgan fingerprint density at radius 3 is 2.19 bits per heavy atom. The van der Waals surface area contributed by atoms with Crippen LogP contribution in [0.15, 0.2) is 18.2 Å². The standard InChI is InChI=1S/C13H17ClF2/c1-9(2)13(14)5-3-4-10-6-11(15)8-12(16)7-10/h6-9,13H,3-5H2,1-2H3. The minimum absolute atomic E-state index is 0.137. The second-order valence-corrected chi connectivity index (χ2v) is 4.99. The minimum Gasteiger partial charge on any atom is -0.207 e. The molecule has 1 aromatic carbocycles. The first-order chi connectivity index (χ1) is 7.49. The molecule has 90 valence electrons. The van der Waals surface area contributed by atoms with E-state index in [0.29, 0.717) is 17.9 Å². The Bertz CT molecular complexity index is 316. The lowest BCUT2D eigenvalue weighted by Gasteiger charge is -2.12. The zero-order valence-corrected chi connectivity index (χ0v) is 10.4. The normalized spacial score (nSPS) is 13.1. The highest BCUT2D eigenvalue weighted by Gasteiger charge is 2.09. The van der Waals surface area contributed by atoms with Crippen molar-refractivity contribution in [2.24, 2.45) is 5.92 Å². The molecule has 16 heavy (non-hydrogen) atoms. The van der Waals surface area contributed by atoms with Gasteiger partial charge in [0.1, 0.15) is 11.6 Å². The Balaban J connectivity index is 2.43. The molecular weight excluding hydrogens is 230 g/mol. The van der Waals surface area contributed by atoms with Gasteiger partial charge in [0.25, 0.3) is 0 Å². The monoisotopic (exact) mass is 246 g/mol. The molecule has 1 rings (SSSR count). The Kier molecular flexibility index (Phi) is 5.20. The van der Waals surface area contributed by atoms with Crippen LogP contribution in [-0.2, 0) is 6.42 Å². The van der Waals surface area contributed by atoms with Crippen molar-refractivity contribution in [2.75, 3.05) is 0 Å². The van der Waals surface area contributed by atoms with Gasteiger partial charge in [-0.25, -0.2) is 8.78 Å². The lowest BCUT2D eigenvalue weighted by molar-refractivity contribution is 0.543. The molecule has 0 aliphatic rings. The van der Waals surface area contributed by atoms with E-state index in [1.54, 1.807) is 0 Å². The van der Waals surface area contributed by atoms with Gasteiger partial charge < -0.3 is 0 Å². The number of halogens is 3. The second-order valence-electron chi connectivity index (χ2n) is 4.43. The summed E-state index contributed by atoms with van der Waals surface area (Å²) in [4.78, 5) is 0. The highest BCUT2D eigenvalue weighted by atomic mass is 35.5. The second kappa shape index (κ2) is 6.19. The van der Waals surface area contributed by atoms with Gasteiger partial charge in [-0.15, -0.1) is 11.6 Å². The van der Waals surface area contributed by atoms with Crippen LogP contribution in [0.5, 0.6) is 0 Å². The molecule has 0 nitrogen and oxygen atoms in total. The van der Waals surface area contributed by atoms with Crippen LogP contribution in [0.4, 0.5) is 8.78 Å². The number of hydrogen-bond donors (Lipinski definition) is 0. The van der Waals surface area contributed by atoms with E-state index in [0.717, 1.165) is 18.9 Å². The van der Waals surface area contributed by atoms with Crippen LogP contribution in [0.1, 0.15) is 32.3 Å². The largest absolute Gasteiger partial charge is 0.207 e. The predicted octanol–water partition coefficient (Wildman–Crippen LogP) is 4.55. The van der Waals surface area contributed by atoms with Crippen LogP contribution < -0.4 is 0 Å². The van der Waals surface area contributed by atoms with Crippen molar-refractivity contribution in [3.05, 3.63) is 35.4 Å². The van der Waals surface area contributed by atoms with Crippen LogP contribution in [0, 0.1) is 17.6 Å². The Labute approximate surface area is 101 Å². The van der Waals surface area contributed by atoms with Crippen molar-refractivity contribution in [1.29, 1.82) is 0 Å². The van der Waals surface area contributed by atoms with Crippen molar-refractivity contribution in [2.45, 2.75) is 38.5 Å². The number of benzene rings is 1.